The second kappa shape index (κ2) is 7.85. The van der Waals surface area contributed by atoms with Gasteiger partial charge in [-0.1, -0.05) is 24.3 Å². The van der Waals surface area contributed by atoms with Gasteiger partial charge < -0.3 is 10.0 Å². The molecule has 2 aliphatic rings. The first-order chi connectivity index (χ1) is 13.2. The van der Waals surface area contributed by atoms with Gasteiger partial charge >= 0.3 is 0 Å². The van der Waals surface area contributed by atoms with Gasteiger partial charge in [0.1, 0.15) is 5.69 Å². The Kier molecular flexibility index (Phi) is 5.30. The standard InChI is InChI=1S/C22H29N3O2/c1-2-25-21(18-11-5-6-12-19(18)23-25)22(27)24(14-15-26)20-13-7-9-16-8-3-4-10-17(16)20/h3-4,8,10,20,26H,2,5-7,9,11-15H2,1H3. The van der Waals surface area contributed by atoms with E-state index in [4.69, 9.17) is 5.10 Å². The molecule has 5 heteroatoms. The molecule has 0 saturated heterocycles. The van der Waals surface area contributed by atoms with Gasteiger partial charge in [0.25, 0.3) is 5.91 Å². The molecule has 1 unspecified atom stereocenters. The van der Waals surface area contributed by atoms with Crippen LogP contribution in [0.2, 0.25) is 0 Å². The number of benzene rings is 1. The summed E-state index contributed by atoms with van der Waals surface area (Å²) in [5.41, 5.74) is 5.56. The van der Waals surface area contributed by atoms with E-state index in [1.165, 1.54) is 11.1 Å². The summed E-state index contributed by atoms with van der Waals surface area (Å²) in [6.45, 7) is 3.08. The topological polar surface area (TPSA) is 58.4 Å². The van der Waals surface area contributed by atoms with E-state index in [0.29, 0.717) is 13.1 Å². The van der Waals surface area contributed by atoms with Crippen LogP contribution >= 0.6 is 0 Å². The van der Waals surface area contributed by atoms with Gasteiger partial charge in [0.15, 0.2) is 0 Å². The van der Waals surface area contributed by atoms with Gasteiger partial charge in [0.2, 0.25) is 0 Å². The summed E-state index contributed by atoms with van der Waals surface area (Å²) in [4.78, 5) is 15.6. The molecule has 1 heterocycles. The summed E-state index contributed by atoms with van der Waals surface area (Å²) in [6, 6.07) is 8.47. The first kappa shape index (κ1) is 18.2. The molecule has 1 N–H and O–H groups in total. The van der Waals surface area contributed by atoms with Crippen molar-refractivity contribution >= 4 is 5.91 Å². The van der Waals surface area contributed by atoms with E-state index in [1.807, 2.05) is 16.5 Å². The summed E-state index contributed by atoms with van der Waals surface area (Å²) in [7, 11) is 0. The molecule has 1 aromatic carbocycles. The van der Waals surface area contributed by atoms with Gasteiger partial charge in [-0.05, 0) is 63.0 Å². The third-order valence-corrected chi connectivity index (χ3v) is 6.04. The summed E-state index contributed by atoms with van der Waals surface area (Å²) in [5.74, 6) is 0.0308. The maximum absolute atomic E-state index is 13.7. The number of aromatic nitrogens is 2. The largest absolute Gasteiger partial charge is 0.395 e. The Balaban J connectivity index is 1.74. The molecule has 0 fully saturated rings. The number of fused-ring (bicyclic) bond motifs is 2. The fourth-order valence-electron chi connectivity index (χ4n) is 4.77. The minimum absolute atomic E-state index is 0.0210. The third kappa shape index (κ3) is 3.29. The molecular weight excluding hydrogens is 338 g/mol. The second-order valence-electron chi connectivity index (χ2n) is 7.63. The second-order valence-corrected chi connectivity index (χ2v) is 7.63. The maximum Gasteiger partial charge on any atom is 0.273 e. The number of amides is 1. The SMILES string of the molecule is CCn1nc2c(c1C(=O)N(CCO)C1CCCc3ccccc31)CCCC2. The van der Waals surface area contributed by atoms with Crippen LogP contribution in [0.25, 0.3) is 0 Å². The number of carbonyl (C=O) groups excluding carboxylic acids is 1. The van der Waals surface area contributed by atoms with Crippen molar-refractivity contribution in [2.45, 2.75) is 64.5 Å². The number of hydrogen-bond acceptors (Lipinski definition) is 3. The van der Waals surface area contributed by atoms with Crippen molar-refractivity contribution in [1.29, 1.82) is 0 Å². The van der Waals surface area contributed by atoms with E-state index < -0.39 is 0 Å². The van der Waals surface area contributed by atoms with E-state index in [9.17, 15) is 9.90 Å². The fourth-order valence-corrected chi connectivity index (χ4v) is 4.77. The lowest BCUT2D eigenvalue weighted by Gasteiger charge is -2.36. The van der Waals surface area contributed by atoms with Crippen LogP contribution in [-0.4, -0.2) is 38.8 Å². The predicted octanol–water partition coefficient (Wildman–Crippen LogP) is 3.29. The van der Waals surface area contributed by atoms with Crippen molar-refractivity contribution in [3.8, 4) is 0 Å². The van der Waals surface area contributed by atoms with E-state index in [-0.39, 0.29) is 18.6 Å². The zero-order chi connectivity index (χ0) is 18.8. The molecule has 27 heavy (non-hydrogen) atoms. The Morgan fingerprint density at radius 3 is 2.85 bits per heavy atom. The Hall–Kier alpha value is -2.14. The highest BCUT2D eigenvalue weighted by atomic mass is 16.3. The zero-order valence-corrected chi connectivity index (χ0v) is 16.2. The highest BCUT2D eigenvalue weighted by Gasteiger charge is 2.33. The number of aliphatic hydroxyl groups is 1. The number of rotatable bonds is 5. The Labute approximate surface area is 161 Å². The highest BCUT2D eigenvalue weighted by Crippen LogP contribution is 2.36. The van der Waals surface area contributed by atoms with E-state index in [1.54, 1.807) is 0 Å². The summed E-state index contributed by atoms with van der Waals surface area (Å²) < 4.78 is 1.89. The summed E-state index contributed by atoms with van der Waals surface area (Å²) >= 11 is 0. The first-order valence-corrected chi connectivity index (χ1v) is 10.3. The Morgan fingerprint density at radius 2 is 2.04 bits per heavy atom. The number of aryl methyl sites for hydroxylation is 3. The number of aliphatic hydroxyl groups excluding tert-OH is 1. The van der Waals surface area contributed by atoms with Crippen LogP contribution in [0.3, 0.4) is 0 Å². The van der Waals surface area contributed by atoms with Crippen LogP contribution in [0.1, 0.15) is 71.5 Å². The van der Waals surface area contributed by atoms with Crippen molar-refractivity contribution < 1.29 is 9.90 Å². The van der Waals surface area contributed by atoms with Gasteiger partial charge in [0, 0.05) is 18.7 Å². The molecule has 2 aromatic rings. The van der Waals surface area contributed by atoms with Crippen LogP contribution < -0.4 is 0 Å². The molecule has 5 nitrogen and oxygen atoms in total. The molecule has 0 bridgehead atoms. The van der Waals surface area contributed by atoms with Crippen LogP contribution in [0, 0.1) is 0 Å². The quantitative estimate of drug-likeness (QED) is 0.882. The van der Waals surface area contributed by atoms with Gasteiger partial charge in [-0.3, -0.25) is 9.48 Å². The minimum Gasteiger partial charge on any atom is -0.395 e. The average molecular weight is 367 g/mol. The molecule has 1 aromatic heterocycles. The number of nitrogens with zero attached hydrogens (tertiary/aromatic N) is 3. The van der Waals surface area contributed by atoms with Crippen molar-refractivity contribution in [1.82, 2.24) is 14.7 Å². The fraction of sp³-hybridized carbons (Fsp3) is 0.545. The van der Waals surface area contributed by atoms with Crippen molar-refractivity contribution in [3.63, 3.8) is 0 Å². The van der Waals surface area contributed by atoms with E-state index in [2.05, 4.69) is 24.3 Å². The normalized spacial score (nSPS) is 18.7. The third-order valence-electron chi connectivity index (χ3n) is 6.04. The van der Waals surface area contributed by atoms with Crippen molar-refractivity contribution in [2.75, 3.05) is 13.2 Å². The Bertz CT molecular complexity index is 827. The van der Waals surface area contributed by atoms with Crippen LogP contribution in [-0.2, 0) is 25.8 Å². The number of hydrogen-bond donors (Lipinski definition) is 1. The molecule has 0 spiro atoms. The molecule has 1 atom stereocenters. The lowest BCUT2D eigenvalue weighted by Crippen LogP contribution is -2.40. The molecule has 2 aliphatic carbocycles. The van der Waals surface area contributed by atoms with Crippen molar-refractivity contribution in [2.24, 2.45) is 0 Å². The molecule has 1 amide bonds. The monoisotopic (exact) mass is 367 g/mol. The summed E-state index contributed by atoms with van der Waals surface area (Å²) in [5, 5.41) is 14.4. The van der Waals surface area contributed by atoms with Crippen LogP contribution in [0.15, 0.2) is 24.3 Å². The summed E-state index contributed by atoms with van der Waals surface area (Å²) in [6.07, 6.45) is 7.26. The van der Waals surface area contributed by atoms with Gasteiger partial charge in [-0.15, -0.1) is 0 Å². The lowest BCUT2D eigenvalue weighted by molar-refractivity contribution is 0.0596. The minimum atomic E-state index is -0.0210. The number of carbonyl (C=O) groups is 1. The molecule has 0 saturated carbocycles. The van der Waals surface area contributed by atoms with E-state index in [0.717, 1.165) is 61.9 Å². The molecular formula is C22H29N3O2. The zero-order valence-electron chi connectivity index (χ0n) is 16.2. The maximum atomic E-state index is 13.7. The van der Waals surface area contributed by atoms with Crippen LogP contribution in [0.5, 0.6) is 0 Å². The van der Waals surface area contributed by atoms with Gasteiger partial charge in [-0.25, -0.2) is 0 Å². The van der Waals surface area contributed by atoms with E-state index >= 15 is 0 Å². The lowest BCUT2D eigenvalue weighted by atomic mass is 9.86. The van der Waals surface area contributed by atoms with Gasteiger partial charge in [-0.2, -0.15) is 5.10 Å². The smallest absolute Gasteiger partial charge is 0.273 e. The van der Waals surface area contributed by atoms with Crippen LogP contribution in [0.4, 0.5) is 0 Å². The molecule has 144 valence electrons. The van der Waals surface area contributed by atoms with Gasteiger partial charge in [0.05, 0.1) is 18.3 Å². The van der Waals surface area contributed by atoms with Crippen molar-refractivity contribution in [3.05, 3.63) is 52.3 Å². The first-order valence-electron chi connectivity index (χ1n) is 10.3. The highest BCUT2D eigenvalue weighted by molar-refractivity contribution is 5.94. The molecule has 0 radical (unpaired) electrons. The molecule has 4 rings (SSSR count). The Morgan fingerprint density at radius 1 is 1.22 bits per heavy atom. The molecule has 0 aliphatic heterocycles. The average Bonchev–Trinajstić information content (AvgIpc) is 3.10. The predicted molar refractivity (Wildman–Crippen MR) is 105 cm³/mol.